The standard InChI is InChI=1S/C20H27N3O4/c1-15-7-4-8-16(2)19(15)22-18(24)13-23(3)20(25)21-10-6-11-26-14-17-9-5-12-27-17/h4-5,7-9,12H,6,10-11,13-14H2,1-3H3,(H,21,25)(H,22,24). The Labute approximate surface area is 159 Å². The van der Waals surface area contributed by atoms with Gasteiger partial charge >= 0.3 is 6.03 Å². The van der Waals surface area contributed by atoms with Gasteiger partial charge < -0.3 is 24.7 Å². The van der Waals surface area contributed by atoms with E-state index in [1.807, 2.05) is 44.2 Å². The number of hydrogen-bond acceptors (Lipinski definition) is 4. The fraction of sp³-hybridized carbons (Fsp3) is 0.400. The second kappa shape index (κ2) is 10.4. The largest absolute Gasteiger partial charge is 0.467 e. The Morgan fingerprint density at radius 2 is 1.89 bits per heavy atom. The van der Waals surface area contributed by atoms with Crippen molar-refractivity contribution in [2.24, 2.45) is 0 Å². The molecule has 1 aromatic heterocycles. The summed E-state index contributed by atoms with van der Waals surface area (Å²) in [6, 6.07) is 9.18. The molecular formula is C20H27N3O4. The van der Waals surface area contributed by atoms with Gasteiger partial charge in [0.05, 0.1) is 6.26 Å². The van der Waals surface area contributed by atoms with Gasteiger partial charge in [-0.05, 0) is 43.5 Å². The van der Waals surface area contributed by atoms with Gasteiger partial charge in [-0.25, -0.2) is 4.79 Å². The van der Waals surface area contributed by atoms with Crippen LogP contribution in [0.5, 0.6) is 0 Å². The van der Waals surface area contributed by atoms with Crippen molar-refractivity contribution in [2.45, 2.75) is 26.9 Å². The van der Waals surface area contributed by atoms with Crippen molar-refractivity contribution in [3.63, 3.8) is 0 Å². The molecular weight excluding hydrogens is 346 g/mol. The fourth-order valence-corrected chi connectivity index (χ4v) is 2.55. The number of amides is 3. The number of ether oxygens (including phenoxy) is 1. The average molecular weight is 373 g/mol. The van der Waals surface area contributed by atoms with Crippen LogP contribution >= 0.6 is 0 Å². The van der Waals surface area contributed by atoms with Crippen molar-refractivity contribution >= 4 is 17.6 Å². The quantitative estimate of drug-likeness (QED) is 0.662. The van der Waals surface area contributed by atoms with Crippen molar-refractivity contribution < 1.29 is 18.7 Å². The summed E-state index contributed by atoms with van der Waals surface area (Å²) in [7, 11) is 1.59. The number of para-hydroxylation sites is 1. The Bertz CT molecular complexity index is 723. The van der Waals surface area contributed by atoms with E-state index in [9.17, 15) is 9.59 Å². The van der Waals surface area contributed by atoms with E-state index in [0.29, 0.717) is 26.2 Å². The summed E-state index contributed by atoms with van der Waals surface area (Å²) in [5.41, 5.74) is 2.78. The lowest BCUT2D eigenvalue weighted by Crippen LogP contribution is -2.42. The molecule has 7 nitrogen and oxygen atoms in total. The molecule has 0 spiro atoms. The first kappa shape index (κ1) is 20.5. The third kappa shape index (κ3) is 6.79. The Kier molecular flexibility index (Phi) is 7.88. The predicted molar refractivity (Wildman–Crippen MR) is 104 cm³/mol. The maximum atomic E-state index is 12.2. The van der Waals surface area contributed by atoms with Crippen LogP contribution in [0.1, 0.15) is 23.3 Å². The van der Waals surface area contributed by atoms with Crippen molar-refractivity contribution in [1.29, 1.82) is 0 Å². The van der Waals surface area contributed by atoms with Gasteiger partial charge in [-0.3, -0.25) is 4.79 Å². The number of benzene rings is 1. The smallest absolute Gasteiger partial charge is 0.317 e. The number of urea groups is 1. The first-order valence-corrected chi connectivity index (χ1v) is 8.92. The summed E-state index contributed by atoms with van der Waals surface area (Å²) in [6.45, 7) is 5.26. The van der Waals surface area contributed by atoms with Gasteiger partial charge in [0.25, 0.3) is 0 Å². The van der Waals surface area contributed by atoms with E-state index < -0.39 is 0 Å². The number of rotatable bonds is 9. The van der Waals surface area contributed by atoms with Crippen molar-refractivity contribution in [3.05, 3.63) is 53.5 Å². The lowest BCUT2D eigenvalue weighted by Gasteiger charge is -2.18. The van der Waals surface area contributed by atoms with Gasteiger partial charge in [-0.15, -0.1) is 0 Å². The third-order valence-corrected chi connectivity index (χ3v) is 4.04. The van der Waals surface area contributed by atoms with Gasteiger partial charge in [0, 0.05) is 25.9 Å². The zero-order valence-electron chi connectivity index (χ0n) is 16.1. The molecule has 0 saturated carbocycles. The topological polar surface area (TPSA) is 83.8 Å². The highest BCUT2D eigenvalue weighted by Gasteiger charge is 2.14. The number of nitrogens with one attached hydrogen (secondary N) is 2. The predicted octanol–water partition coefficient (Wildman–Crippen LogP) is 3.08. The minimum atomic E-state index is -0.294. The number of carbonyl (C=O) groups excluding carboxylic acids is 2. The lowest BCUT2D eigenvalue weighted by atomic mass is 10.1. The molecule has 7 heteroatoms. The Hall–Kier alpha value is -2.80. The molecule has 146 valence electrons. The first-order chi connectivity index (χ1) is 13.0. The zero-order chi connectivity index (χ0) is 19.6. The monoisotopic (exact) mass is 373 g/mol. The summed E-state index contributed by atoms with van der Waals surface area (Å²) in [5.74, 6) is 0.542. The number of carbonyl (C=O) groups is 2. The fourth-order valence-electron chi connectivity index (χ4n) is 2.55. The van der Waals surface area contributed by atoms with E-state index in [0.717, 1.165) is 22.6 Å². The van der Waals surface area contributed by atoms with E-state index in [1.54, 1.807) is 13.3 Å². The van der Waals surface area contributed by atoms with Crippen LogP contribution in [-0.4, -0.2) is 43.6 Å². The van der Waals surface area contributed by atoms with Crippen LogP contribution < -0.4 is 10.6 Å². The molecule has 0 aliphatic heterocycles. The molecule has 3 amide bonds. The molecule has 2 N–H and O–H groups in total. The zero-order valence-corrected chi connectivity index (χ0v) is 16.1. The van der Waals surface area contributed by atoms with Crippen LogP contribution in [0.4, 0.5) is 10.5 Å². The highest BCUT2D eigenvalue weighted by atomic mass is 16.5. The van der Waals surface area contributed by atoms with E-state index in [4.69, 9.17) is 9.15 Å². The minimum Gasteiger partial charge on any atom is -0.467 e. The third-order valence-electron chi connectivity index (χ3n) is 4.04. The number of aryl methyl sites for hydroxylation is 2. The average Bonchev–Trinajstić information content (AvgIpc) is 3.14. The molecule has 0 radical (unpaired) electrons. The summed E-state index contributed by atoms with van der Waals surface area (Å²) in [4.78, 5) is 25.6. The number of likely N-dealkylation sites (N-methyl/N-ethyl adjacent to an activating group) is 1. The minimum absolute atomic E-state index is 0.0192. The van der Waals surface area contributed by atoms with E-state index >= 15 is 0 Å². The number of anilines is 1. The molecule has 0 saturated heterocycles. The first-order valence-electron chi connectivity index (χ1n) is 8.92. The van der Waals surface area contributed by atoms with E-state index in [-0.39, 0.29) is 18.5 Å². The molecule has 1 aromatic carbocycles. The van der Waals surface area contributed by atoms with Crippen LogP contribution in [0.25, 0.3) is 0 Å². The van der Waals surface area contributed by atoms with Gasteiger partial charge in [0.15, 0.2) is 0 Å². The second-order valence-corrected chi connectivity index (χ2v) is 6.39. The number of nitrogens with zero attached hydrogens (tertiary/aromatic N) is 1. The molecule has 0 unspecified atom stereocenters. The van der Waals surface area contributed by atoms with Crippen LogP contribution in [0.2, 0.25) is 0 Å². The number of hydrogen-bond donors (Lipinski definition) is 2. The Balaban J connectivity index is 1.63. The molecule has 27 heavy (non-hydrogen) atoms. The summed E-state index contributed by atoms with van der Waals surface area (Å²) < 4.78 is 10.6. The van der Waals surface area contributed by atoms with Gasteiger partial charge in [0.2, 0.25) is 5.91 Å². The molecule has 2 aromatic rings. The van der Waals surface area contributed by atoms with Crippen LogP contribution in [0.3, 0.4) is 0 Å². The molecule has 0 bridgehead atoms. The molecule has 0 fully saturated rings. The van der Waals surface area contributed by atoms with E-state index in [1.165, 1.54) is 4.90 Å². The second-order valence-electron chi connectivity index (χ2n) is 6.39. The highest BCUT2D eigenvalue weighted by Crippen LogP contribution is 2.19. The summed E-state index contributed by atoms with van der Waals surface area (Å²) in [5, 5.41) is 5.64. The maximum absolute atomic E-state index is 12.2. The Morgan fingerprint density at radius 1 is 1.15 bits per heavy atom. The molecule has 0 atom stereocenters. The molecule has 1 heterocycles. The van der Waals surface area contributed by atoms with Crippen LogP contribution in [0, 0.1) is 13.8 Å². The van der Waals surface area contributed by atoms with Crippen LogP contribution in [0.15, 0.2) is 41.0 Å². The van der Waals surface area contributed by atoms with Crippen LogP contribution in [-0.2, 0) is 16.1 Å². The highest BCUT2D eigenvalue weighted by molar-refractivity contribution is 5.95. The maximum Gasteiger partial charge on any atom is 0.317 e. The SMILES string of the molecule is Cc1cccc(C)c1NC(=O)CN(C)C(=O)NCCCOCc1ccco1. The van der Waals surface area contributed by atoms with Crippen molar-refractivity contribution in [3.8, 4) is 0 Å². The Morgan fingerprint density at radius 3 is 2.56 bits per heavy atom. The van der Waals surface area contributed by atoms with Crippen molar-refractivity contribution in [1.82, 2.24) is 10.2 Å². The lowest BCUT2D eigenvalue weighted by molar-refractivity contribution is -0.116. The molecule has 0 aliphatic carbocycles. The normalized spacial score (nSPS) is 10.5. The van der Waals surface area contributed by atoms with Crippen molar-refractivity contribution in [2.75, 3.05) is 32.1 Å². The molecule has 2 rings (SSSR count). The van der Waals surface area contributed by atoms with Gasteiger partial charge in [-0.2, -0.15) is 0 Å². The molecule has 0 aliphatic rings. The summed E-state index contributed by atoms with van der Waals surface area (Å²) >= 11 is 0. The number of furan rings is 1. The van der Waals surface area contributed by atoms with Gasteiger partial charge in [0.1, 0.15) is 18.9 Å². The summed E-state index contributed by atoms with van der Waals surface area (Å²) in [6.07, 6.45) is 2.28. The van der Waals surface area contributed by atoms with E-state index in [2.05, 4.69) is 10.6 Å². The van der Waals surface area contributed by atoms with Gasteiger partial charge in [-0.1, -0.05) is 18.2 Å².